The first kappa shape index (κ1) is 10.9. The summed E-state index contributed by atoms with van der Waals surface area (Å²) in [6, 6.07) is 0.0781. The van der Waals surface area contributed by atoms with Gasteiger partial charge in [0.25, 0.3) is 0 Å². The fourth-order valence-corrected chi connectivity index (χ4v) is 1.42. The minimum Gasteiger partial charge on any atom is -0.346 e. The second-order valence-electron chi connectivity index (χ2n) is 4.01. The lowest BCUT2D eigenvalue weighted by Gasteiger charge is -2.29. The molecule has 0 spiro atoms. The van der Waals surface area contributed by atoms with Crippen LogP contribution in [0.1, 0.15) is 20.3 Å². The highest BCUT2D eigenvalue weighted by atomic mass is 15.3. The maximum Gasteiger partial charge on any atom is 0.194 e. The molecule has 0 aliphatic carbocycles. The van der Waals surface area contributed by atoms with Gasteiger partial charge < -0.3 is 10.2 Å². The van der Waals surface area contributed by atoms with Gasteiger partial charge in [0.2, 0.25) is 0 Å². The highest BCUT2D eigenvalue weighted by molar-refractivity contribution is 5.80. The van der Waals surface area contributed by atoms with Crippen LogP contribution < -0.4 is 5.32 Å². The first-order chi connectivity index (χ1) is 6.65. The van der Waals surface area contributed by atoms with E-state index in [1.54, 1.807) is 0 Å². The summed E-state index contributed by atoms with van der Waals surface area (Å²) in [5.74, 6) is 4.12. The molecule has 0 saturated carbocycles. The van der Waals surface area contributed by atoms with Gasteiger partial charge in [-0.2, -0.15) is 0 Å². The molecule has 1 aliphatic rings. The Balaban J connectivity index is 2.58. The maximum atomic E-state index is 5.45. The summed E-state index contributed by atoms with van der Waals surface area (Å²) in [6.07, 6.45) is 6.58. The zero-order valence-electron chi connectivity index (χ0n) is 9.25. The van der Waals surface area contributed by atoms with Crippen molar-refractivity contribution in [2.75, 3.05) is 20.1 Å². The van der Waals surface area contributed by atoms with Gasteiger partial charge in [-0.1, -0.05) is 19.8 Å². The molecule has 0 fully saturated rings. The van der Waals surface area contributed by atoms with Crippen LogP contribution in [0.4, 0.5) is 0 Å². The monoisotopic (exact) mass is 193 g/mol. The second kappa shape index (κ2) is 4.90. The van der Waals surface area contributed by atoms with Crippen LogP contribution in [-0.4, -0.2) is 37.0 Å². The van der Waals surface area contributed by atoms with E-state index < -0.39 is 0 Å². The van der Waals surface area contributed by atoms with Crippen molar-refractivity contribution in [2.45, 2.75) is 26.3 Å². The van der Waals surface area contributed by atoms with Crippen molar-refractivity contribution in [1.82, 2.24) is 10.2 Å². The minimum atomic E-state index is 0.0781. The molecule has 1 atom stereocenters. The molecule has 0 aromatic heterocycles. The SMILES string of the molecule is C#CC(NC1=NCCCN1C)C(C)C. The van der Waals surface area contributed by atoms with Gasteiger partial charge in [0, 0.05) is 20.1 Å². The third-order valence-electron chi connectivity index (χ3n) is 2.41. The van der Waals surface area contributed by atoms with Crippen LogP contribution in [0.15, 0.2) is 4.99 Å². The molecule has 14 heavy (non-hydrogen) atoms. The highest BCUT2D eigenvalue weighted by Crippen LogP contribution is 2.03. The van der Waals surface area contributed by atoms with Gasteiger partial charge in [-0.3, -0.25) is 4.99 Å². The molecule has 3 nitrogen and oxygen atoms in total. The second-order valence-corrected chi connectivity index (χ2v) is 4.01. The predicted octanol–water partition coefficient (Wildman–Crippen LogP) is 0.925. The number of hydrogen-bond donors (Lipinski definition) is 1. The quantitative estimate of drug-likeness (QED) is 0.661. The van der Waals surface area contributed by atoms with Crippen LogP contribution in [0.2, 0.25) is 0 Å². The Morgan fingerprint density at radius 2 is 2.29 bits per heavy atom. The zero-order chi connectivity index (χ0) is 10.6. The average Bonchev–Trinajstić information content (AvgIpc) is 2.16. The summed E-state index contributed by atoms with van der Waals surface area (Å²) in [4.78, 5) is 6.54. The Kier molecular flexibility index (Phi) is 3.82. The molecule has 0 radical (unpaired) electrons. The van der Waals surface area contributed by atoms with Crippen molar-refractivity contribution in [3.8, 4) is 12.3 Å². The van der Waals surface area contributed by atoms with Gasteiger partial charge in [0.05, 0.1) is 6.04 Å². The summed E-state index contributed by atoms with van der Waals surface area (Å²) in [6.45, 7) is 6.19. The number of aliphatic imine (C=N–C) groups is 1. The van der Waals surface area contributed by atoms with Crippen LogP contribution in [0.5, 0.6) is 0 Å². The highest BCUT2D eigenvalue weighted by Gasteiger charge is 2.16. The van der Waals surface area contributed by atoms with Crippen molar-refractivity contribution in [1.29, 1.82) is 0 Å². The van der Waals surface area contributed by atoms with E-state index in [1.165, 1.54) is 0 Å². The lowest BCUT2D eigenvalue weighted by molar-refractivity contribution is 0.426. The molecule has 1 rings (SSSR count). The molecule has 1 unspecified atom stereocenters. The number of nitrogens with one attached hydrogen (secondary N) is 1. The van der Waals surface area contributed by atoms with Gasteiger partial charge in [-0.15, -0.1) is 6.42 Å². The molecule has 0 saturated heterocycles. The van der Waals surface area contributed by atoms with E-state index in [0.29, 0.717) is 5.92 Å². The standard InChI is InChI=1S/C11H19N3/c1-5-10(9(2)3)13-11-12-7-6-8-14(11)4/h1,9-10H,6-8H2,2-4H3,(H,12,13). The number of nitrogens with zero attached hydrogens (tertiary/aromatic N) is 2. The smallest absolute Gasteiger partial charge is 0.194 e. The van der Waals surface area contributed by atoms with Crippen molar-refractivity contribution in [2.24, 2.45) is 10.9 Å². The number of rotatable bonds is 2. The number of guanidine groups is 1. The normalized spacial score (nSPS) is 18.8. The topological polar surface area (TPSA) is 27.6 Å². The van der Waals surface area contributed by atoms with Crippen LogP contribution >= 0.6 is 0 Å². The number of terminal acetylenes is 1. The summed E-state index contributed by atoms with van der Waals surface area (Å²) in [7, 11) is 2.04. The lowest BCUT2D eigenvalue weighted by Crippen LogP contribution is -2.47. The molecule has 0 aromatic carbocycles. The Morgan fingerprint density at radius 3 is 2.79 bits per heavy atom. The Labute approximate surface area is 86.6 Å². The minimum absolute atomic E-state index is 0.0781. The summed E-state index contributed by atoms with van der Waals surface area (Å²) in [5, 5.41) is 3.29. The van der Waals surface area contributed by atoms with E-state index in [2.05, 4.69) is 35.0 Å². The van der Waals surface area contributed by atoms with Gasteiger partial charge in [0.15, 0.2) is 5.96 Å². The molecule has 0 bridgehead atoms. The first-order valence-electron chi connectivity index (χ1n) is 5.13. The largest absolute Gasteiger partial charge is 0.346 e. The molecule has 78 valence electrons. The van der Waals surface area contributed by atoms with Crippen LogP contribution in [0, 0.1) is 18.3 Å². The molecule has 1 heterocycles. The molecular formula is C11H19N3. The summed E-state index contributed by atoms with van der Waals surface area (Å²) < 4.78 is 0. The van der Waals surface area contributed by atoms with Gasteiger partial charge in [-0.05, 0) is 12.3 Å². The van der Waals surface area contributed by atoms with Crippen molar-refractivity contribution in [3.63, 3.8) is 0 Å². The van der Waals surface area contributed by atoms with E-state index in [-0.39, 0.29) is 6.04 Å². The third kappa shape index (κ3) is 2.66. The van der Waals surface area contributed by atoms with E-state index >= 15 is 0 Å². The van der Waals surface area contributed by atoms with Crippen LogP contribution in [0.3, 0.4) is 0 Å². The third-order valence-corrected chi connectivity index (χ3v) is 2.41. The molecule has 3 heteroatoms. The molecule has 1 N–H and O–H groups in total. The average molecular weight is 193 g/mol. The van der Waals surface area contributed by atoms with E-state index in [4.69, 9.17) is 6.42 Å². The van der Waals surface area contributed by atoms with Crippen molar-refractivity contribution < 1.29 is 0 Å². The van der Waals surface area contributed by atoms with Gasteiger partial charge >= 0.3 is 0 Å². The number of hydrogen-bond acceptors (Lipinski definition) is 3. The molecule has 0 amide bonds. The van der Waals surface area contributed by atoms with Crippen molar-refractivity contribution >= 4 is 5.96 Å². The fourth-order valence-electron chi connectivity index (χ4n) is 1.42. The lowest BCUT2D eigenvalue weighted by atomic mass is 10.1. The van der Waals surface area contributed by atoms with E-state index in [0.717, 1.165) is 25.5 Å². The molecule has 0 aromatic rings. The van der Waals surface area contributed by atoms with Crippen LogP contribution in [-0.2, 0) is 0 Å². The molecular weight excluding hydrogens is 174 g/mol. The van der Waals surface area contributed by atoms with Gasteiger partial charge in [-0.25, -0.2) is 0 Å². The van der Waals surface area contributed by atoms with Crippen LogP contribution in [0.25, 0.3) is 0 Å². The van der Waals surface area contributed by atoms with Crippen molar-refractivity contribution in [3.05, 3.63) is 0 Å². The predicted molar refractivity (Wildman–Crippen MR) is 60.1 cm³/mol. The Morgan fingerprint density at radius 1 is 1.57 bits per heavy atom. The van der Waals surface area contributed by atoms with E-state index in [1.807, 2.05) is 7.05 Å². The first-order valence-corrected chi connectivity index (χ1v) is 5.13. The summed E-state index contributed by atoms with van der Waals surface area (Å²) in [5.41, 5.74) is 0. The van der Waals surface area contributed by atoms with E-state index in [9.17, 15) is 0 Å². The fraction of sp³-hybridized carbons (Fsp3) is 0.727. The zero-order valence-corrected chi connectivity index (χ0v) is 9.25. The molecule has 1 aliphatic heterocycles. The summed E-state index contributed by atoms with van der Waals surface area (Å²) >= 11 is 0. The Bertz CT molecular complexity index is 250. The maximum absolute atomic E-state index is 5.45. The van der Waals surface area contributed by atoms with Gasteiger partial charge in [0.1, 0.15) is 0 Å². The Hall–Kier alpha value is -1.17.